The Morgan fingerprint density at radius 3 is 2.97 bits per heavy atom. The van der Waals surface area contributed by atoms with Crippen LogP contribution in [0.5, 0.6) is 5.75 Å². The Morgan fingerprint density at radius 1 is 1.30 bits per heavy atom. The summed E-state index contributed by atoms with van der Waals surface area (Å²) in [6.07, 6.45) is 1.83. The molecule has 0 fully saturated rings. The molecule has 0 amide bonds. The molecule has 2 aromatic carbocycles. The molecule has 0 aliphatic heterocycles. The van der Waals surface area contributed by atoms with Crippen LogP contribution in [-0.4, -0.2) is 23.8 Å². The lowest BCUT2D eigenvalue weighted by Gasteiger charge is -2.10. The third kappa shape index (κ3) is 6.67. The van der Waals surface area contributed by atoms with Gasteiger partial charge < -0.3 is 9.47 Å². The van der Waals surface area contributed by atoms with Crippen molar-refractivity contribution in [1.82, 2.24) is 4.98 Å². The quantitative estimate of drug-likeness (QED) is 0.250. The molecule has 1 aromatic heterocycles. The normalized spacial score (nSPS) is 10.9. The summed E-state index contributed by atoms with van der Waals surface area (Å²) in [4.78, 5) is 15.9. The molecule has 1 heterocycles. The van der Waals surface area contributed by atoms with Crippen LogP contribution in [0.1, 0.15) is 29.3 Å². The molecule has 0 bridgehead atoms. The summed E-state index contributed by atoms with van der Waals surface area (Å²) in [5.74, 6) is 0.440. The summed E-state index contributed by atoms with van der Waals surface area (Å²) < 4.78 is 11.9. The number of thiazole rings is 1. The summed E-state index contributed by atoms with van der Waals surface area (Å²) >= 11 is 4.86. The second kappa shape index (κ2) is 10.9. The topological polar surface area (TPSA) is 72.8 Å². The van der Waals surface area contributed by atoms with Crippen LogP contribution < -0.4 is 10.2 Å². The van der Waals surface area contributed by atoms with E-state index in [9.17, 15) is 4.79 Å². The highest BCUT2D eigenvalue weighted by Gasteiger charge is 2.08. The van der Waals surface area contributed by atoms with Crippen LogP contribution >= 0.6 is 27.3 Å². The Hall–Kier alpha value is -2.71. The Balaban J connectivity index is 1.63. The first-order chi connectivity index (χ1) is 14.5. The van der Waals surface area contributed by atoms with E-state index in [1.807, 2.05) is 35.7 Å². The van der Waals surface area contributed by atoms with E-state index in [1.54, 1.807) is 13.1 Å². The van der Waals surface area contributed by atoms with Gasteiger partial charge in [0.15, 0.2) is 0 Å². The van der Waals surface area contributed by atoms with Crippen LogP contribution in [0.25, 0.3) is 0 Å². The molecule has 0 saturated heterocycles. The number of esters is 1. The van der Waals surface area contributed by atoms with E-state index in [4.69, 9.17) is 9.47 Å². The zero-order valence-electron chi connectivity index (χ0n) is 16.7. The molecule has 0 saturated carbocycles. The average molecular weight is 488 g/mol. The van der Waals surface area contributed by atoms with E-state index in [0.717, 1.165) is 21.3 Å². The number of carbonyl (C=O) groups is 1. The molecule has 0 radical (unpaired) electrons. The number of hydrogen-bond donors (Lipinski definition) is 1. The maximum atomic E-state index is 11.5. The molecular formula is C22H22BrN3O3S. The van der Waals surface area contributed by atoms with Crippen LogP contribution in [0.2, 0.25) is 0 Å². The molecule has 3 rings (SSSR count). The van der Waals surface area contributed by atoms with E-state index in [2.05, 4.69) is 50.5 Å². The number of ether oxygens (including phenoxy) is 2. The van der Waals surface area contributed by atoms with Crippen molar-refractivity contribution in [3.63, 3.8) is 0 Å². The van der Waals surface area contributed by atoms with Gasteiger partial charge in [-0.25, -0.2) is 4.98 Å². The molecule has 0 atom stereocenters. The van der Waals surface area contributed by atoms with Gasteiger partial charge in [0.2, 0.25) is 5.13 Å². The number of carbonyl (C=O) groups excluding carboxylic acids is 1. The molecule has 0 aliphatic rings. The lowest BCUT2D eigenvalue weighted by molar-refractivity contribution is -0.142. The maximum Gasteiger partial charge on any atom is 0.311 e. The third-order valence-electron chi connectivity index (χ3n) is 4.00. The first kappa shape index (κ1) is 22.0. The number of hydrogen-bond acceptors (Lipinski definition) is 7. The Morgan fingerprint density at radius 2 is 2.17 bits per heavy atom. The minimum Gasteiger partial charge on any atom is -0.488 e. The van der Waals surface area contributed by atoms with Crippen molar-refractivity contribution >= 4 is 44.6 Å². The van der Waals surface area contributed by atoms with Crippen molar-refractivity contribution in [1.29, 1.82) is 0 Å². The van der Waals surface area contributed by atoms with Gasteiger partial charge in [0.05, 0.1) is 24.9 Å². The van der Waals surface area contributed by atoms with Gasteiger partial charge >= 0.3 is 5.97 Å². The largest absolute Gasteiger partial charge is 0.488 e. The van der Waals surface area contributed by atoms with E-state index < -0.39 is 0 Å². The minimum absolute atomic E-state index is 0.151. The molecular weight excluding hydrogens is 466 g/mol. The average Bonchev–Trinajstić information content (AvgIpc) is 3.14. The van der Waals surface area contributed by atoms with Gasteiger partial charge in [-0.1, -0.05) is 45.8 Å². The van der Waals surface area contributed by atoms with E-state index >= 15 is 0 Å². The van der Waals surface area contributed by atoms with Crippen LogP contribution in [-0.2, 0) is 22.6 Å². The summed E-state index contributed by atoms with van der Waals surface area (Å²) in [5, 5.41) is 6.68. The second-order valence-electron chi connectivity index (χ2n) is 6.46. The predicted octanol–water partition coefficient (Wildman–Crippen LogP) is 5.34. The molecule has 3 aromatic rings. The number of benzene rings is 2. The third-order valence-corrected chi connectivity index (χ3v) is 5.28. The fourth-order valence-corrected chi connectivity index (χ4v) is 3.71. The summed E-state index contributed by atoms with van der Waals surface area (Å²) in [6, 6.07) is 14.0. The zero-order chi connectivity index (χ0) is 21.3. The Bertz CT molecular complexity index is 1040. The van der Waals surface area contributed by atoms with Crippen molar-refractivity contribution in [3.8, 4) is 5.75 Å². The molecule has 6 nitrogen and oxygen atoms in total. The van der Waals surface area contributed by atoms with Crippen molar-refractivity contribution < 1.29 is 14.3 Å². The number of halogens is 1. The van der Waals surface area contributed by atoms with Gasteiger partial charge in [0.25, 0.3) is 0 Å². The number of nitrogens with one attached hydrogen (secondary N) is 1. The molecule has 1 N–H and O–H groups in total. The molecule has 0 spiro atoms. The number of rotatable bonds is 9. The lowest BCUT2D eigenvalue weighted by atomic mass is 10.1. The number of hydrazone groups is 1. The first-order valence-electron chi connectivity index (χ1n) is 9.40. The molecule has 8 heteroatoms. The van der Waals surface area contributed by atoms with Crippen LogP contribution in [0.3, 0.4) is 0 Å². The smallest absolute Gasteiger partial charge is 0.311 e. The standard InChI is InChI=1S/C22H22BrN3O3S/c1-3-28-21(27)11-19-14-30-22(25-19)26-24-12-17-10-18(23)7-8-20(17)29-13-16-6-4-5-15(2)9-16/h4-10,12,14H,3,11,13H2,1-2H3,(H,25,26). The first-order valence-corrected chi connectivity index (χ1v) is 11.1. The predicted molar refractivity (Wildman–Crippen MR) is 123 cm³/mol. The number of aryl methyl sites for hydroxylation is 1. The molecule has 0 aliphatic carbocycles. The lowest BCUT2D eigenvalue weighted by Crippen LogP contribution is -2.07. The Kier molecular flexibility index (Phi) is 7.98. The van der Waals surface area contributed by atoms with Gasteiger partial charge in [0.1, 0.15) is 12.4 Å². The molecule has 156 valence electrons. The highest BCUT2D eigenvalue weighted by atomic mass is 79.9. The fraction of sp³-hybridized carbons (Fsp3) is 0.227. The SMILES string of the molecule is CCOC(=O)Cc1csc(NN=Cc2cc(Br)ccc2OCc2cccc(C)c2)n1. The Labute approximate surface area is 188 Å². The molecule has 0 unspecified atom stereocenters. The maximum absolute atomic E-state index is 11.5. The van der Waals surface area contributed by atoms with Gasteiger partial charge in [-0.05, 0) is 37.6 Å². The van der Waals surface area contributed by atoms with Crippen LogP contribution in [0, 0.1) is 6.92 Å². The van der Waals surface area contributed by atoms with Gasteiger partial charge in [-0.3, -0.25) is 10.2 Å². The van der Waals surface area contributed by atoms with Crippen molar-refractivity contribution in [2.75, 3.05) is 12.0 Å². The van der Waals surface area contributed by atoms with Gasteiger partial charge in [0, 0.05) is 15.4 Å². The summed E-state index contributed by atoms with van der Waals surface area (Å²) in [7, 11) is 0. The number of anilines is 1. The summed E-state index contributed by atoms with van der Waals surface area (Å²) in [5.41, 5.74) is 6.69. The van der Waals surface area contributed by atoms with E-state index in [1.165, 1.54) is 16.9 Å². The minimum atomic E-state index is -0.289. The van der Waals surface area contributed by atoms with Crippen LogP contribution in [0.15, 0.2) is 57.4 Å². The van der Waals surface area contributed by atoms with E-state index in [0.29, 0.717) is 24.0 Å². The van der Waals surface area contributed by atoms with Crippen molar-refractivity contribution in [3.05, 3.63) is 74.7 Å². The van der Waals surface area contributed by atoms with Gasteiger partial charge in [-0.15, -0.1) is 11.3 Å². The highest BCUT2D eigenvalue weighted by Crippen LogP contribution is 2.23. The second-order valence-corrected chi connectivity index (χ2v) is 8.23. The zero-order valence-corrected chi connectivity index (χ0v) is 19.1. The van der Waals surface area contributed by atoms with E-state index in [-0.39, 0.29) is 12.4 Å². The highest BCUT2D eigenvalue weighted by molar-refractivity contribution is 9.10. The number of nitrogens with zero attached hydrogens (tertiary/aromatic N) is 2. The van der Waals surface area contributed by atoms with Crippen LogP contribution in [0.4, 0.5) is 5.13 Å². The van der Waals surface area contributed by atoms with Gasteiger partial charge in [-0.2, -0.15) is 5.10 Å². The molecule has 30 heavy (non-hydrogen) atoms. The number of aromatic nitrogens is 1. The van der Waals surface area contributed by atoms with Crippen molar-refractivity contribution in [2.24, 2.45) is 5.10 Å². The fourth-order valence-electron chi connectivity index (χ4n) is 2.67. The summed E-state index contributed by atoms with van der Waals surface area (Å²) in [6.45, 7) is 4.67. The van der Waals surface area contributed by atoms with Crippen molar-refractivity contribution in [2.45, 2.75) is 26.9 Å². The monoisotopic (exact) mass is 487 g/mol.